The smallest absolute Gasteiger partial charge is 0.252 e. The molecule has 0 unspecified atom stereocenters. The molecule has 25 heavy (non-hydrogen) atoms. The minimum Gasteiger partial charge on any atom is -0.350 e. The van der Waals surface area contributed by atoms with Crippen LogP contribution in [0, 0.1) is 17.8 Å². The highest BCUT2D eigenvalue weighted by atomic mass is 16.2. The van der Waals surface area contributed by atoms with Crippen molar-refractivity contribution >= 4 is 11.9 Å². The van der Waals surface area contributed by atoms with Crippen molar-refractivity contribution in [2.75, 3.05) is 38.1 Å². The number of amides is 1. The second kappa shape index (κ2) is 6.78. The fourth-order valence-corrected chi connectivity index (χ4v) is 4.43. The number of hydrogen-bond acceptors (Lipinski definition) is 5. The van der Waals surface area contributed by atoms with Gasteiger partial charge in [-0.2, -0.15) is 0 Å². The number of fused-ring (bicyclic) bond motifs is 1. The molecule has 2 aliphatic carbocycles. The van der Waals surface area contributed by atoms with E-state index in [1.165, 1.54) is 31.7 Å². The van der Waals surface area contributed by atoms with Crippen LogP contribution in [0.15, 0.2) is 10.9 Å². The van der Waals surface area contributed by atoms with Gasteiger partial charge in [0.1, 0.15) is 0 Å². The second-order valence-electron chi connectivity index (χ2n) is 7.71. The first-order valence-electron chi connectivity index (χ1n) is 9.43. The standard InChI is InChI=1S/C18H27N5O2/c1-22-6-8-23(9-7-22)18-20-12(10-15(24)21-18)11-19-17(25)16-13-4-2-3-5-14(13)16/h10,13-14,16H,2-9,11H2,1H3,(H,19,25)(H,20,21,24)/t13-,14-/m0/s1. The van der Waals surface area contributed by atoms with Crippen molar-refractivity contribution in [3.63, 3.8) is 0 Å². The fraction of sp³-hybridized carbons (Fsp3) is 0.722. The predicted molar refractivity (Wildman–Crippen MR) is 95.4 cm³/mol. The first kappa shape index (κ1) is 16.6. The van der Waals surface area contributed by atoms with E-state index in [0.29, 0.717) is 30.0 Å². The van der Waals surface area contributed by atoms with Crippen LogP contribution in [0.4, 0.5) is 5.95 Å². The van der Waals surface area contributed by atoms with Crippen LogP contribution in [0.1, 0.15) is 31.4 Å². The summed E-state index contributed by atoms with van der Waals surface area (Å²) in [5.41, 5.74) is 0.475. The van der Waals surface area contributed by atoms with E-state index >= 15 is 0 Å². The van der Waals surface area contributed by atoms with Gasteiger partial charge >= 0.3 is 0 Å². The molecule has 0 aromatic carbocycles. The molecule has 3 aliphatic rings. The van der Waals surface area contributed by atoms with Crippen LogP contribution in [0.5, 0.6) is 0 Å². The third-order valence-corrected chi connectivity index (χ3v) is 5.99. The number of H-pyrrole nitrogens is 1. The van der Waals surface area contributed by atoms with Gasteiger partial charge in [0, 0.05) is 38.2 Å². The van der Waals surface area contributed by atoms with E-state index in [0.717, 1.165) is 26.2 Å². The van der Waals surface area contributed by atoms with E-state index in [-0.39, 0.29) is 17.4 Å². The Morgan fingerprint density at radius 1 is 1.24 bits per heavy atom. The molecule has 7 heteroatoms. The largest absolute Gasteiger partial charge is 0.350 e. The van der Waals surface area contributed by atoms with E-state index in [9.17, 15) is 9.59 Å². The van der Waals surface area contributed by atoms with Gasteiger partial charge in [-0.05, 0) is 31.7 Å². The van der Waals surface area contributed by atoms with Crippen LogP contribution in [-0.2, 0) is 11.3 Å². The quantitative estimate of drug-likeness (QED) is 0.834. The molecule has 2 N–H and O–H groups in total. The number of hydrogen-bond donors (Lipinski definition) is 2. The molecule has 3 fully saturated rings. The number of anilines is 1. The first-order chi connectivity index (χ1) is 12.1. The summed E-state index contributed by atoms with van der Waals surface area (Å²) in [4.78, 5) is 36.1. The zero-order chi connectivity index (χ0) is 17.4. The number of piperazine rings is 1. The van der Waals surface area contributed by atoms with Crippen molar-refractivity contribution in [3.8, 4) is 0 Å². The number of rotatable bonds is 4. The highest BCUT2D eigenvalue weighted by molar-refractivity contribution is 5.82. The van der Waals surface area contributed by atoms with Crippen LogP contribution < -0.4 is 15.8 Å². The maximum absolute atomic E-state index is 12.4. The van der Waals surface area contributed by atoms with Gasteiger partial charge in [-0.25, -0.2) is 4.98 Å². The summed E-state index contributed by atoms with van der Waals surface area (Å²) in [5.74, 6) is 2.15. The molecule has 2 saturated carbocycles. The van der Waals surface area contributed by atoms with Gasteiger partial charge in [0.05, 0.1) is 12.2 Å². The topological polar surface area (TPSA) is 81.3 Å². The molecular formula is C18H27N5O2. The molecule has 2 atom stereocenters. The number of nitrogens with one attached hydrogen (secondary N) is 2. The summed E-state index contributed by atoms with van der Waals surface area (Å²) in [7, 11) is 2.09. The highest BCUT2D eigenvalue weighted by Gasteiger charge is 2.54. The van der Waals surface area contributed by atoms with E-state index in [4.69, 9.17) is 0 Å². The lowest BCUT2D eigenvalue weighted by Gasteiger charge is -2.32. The third kappa shape index (κ3) is 3.56. The Hall–Kier alpha value is -1.89. The monoisotopic (exact) mass is 345 g/mol. The van der Waals surface area contributed by atoms with Gasteiger partial charge in [0.25, 0.3) is 5.56 Å². The molecule has 2 heterocycles. The maximum atomic E-state index is 12.4. The van der Waals surface area contributed by atoms with Gasteiger partial charge in [-0.1, -0.05) is 12.8 Å². The van der Waals surface area contributed by atoms with Crippen LogP contribution in [0.2, 0.25) is 0 Å². The van der Waals surface area contributed by atoms with Gasteiger partial charge in [-0.3, -0.25) is 14.6 Å². The van der Waals surface area contributed by atoms with Crippen molar-refractivity contribution in [1.82, 2.24) is 20.2 Å². The second-order valence-corrected chi connectivity index (χ2v) is 7.71. The third-order valence-electron chi connectivity index (χ3n) is 5.99. The number of aromatic nitrogens is 2. The number of aromatic amines is 1. The SMILES string of the molecule is CN1CCN(c2nc(CNC(=O)C3[C@H]4CCCC[C@H]34)cc(=O)[nH]2)CC1. The fourth-order valence-electron chi connectivity index (χ4n) is 4.43. The molecule has 1 aromatic rings. The van der Waals surface area contributed by atoms with E-state index < -0.39 is 0 Å². The lowest BCUT2D eigenvalue weighted by atomic mass is 10.0. The summed E-state index contributed by atoms with van der Waals surface area (Å²) in [6.07, 6.45) is 4.91. The Bertz CT molecular complexity index is 683. The van der Waals surface area contributed by atoms with Crippen molar-refractivity contribution in [3.05, 3.63) is 22.1 Å². The average Bonchev–Trinajstić information content (AvgIpc) is 3.34. The maximum Gasteiger partial charge on any atom is 0.252 e. The Morgan fingerprint density at radius 2 is 1.92 bits per heavy atom. The Balaban J connectivity index is 1.37. The van der Waals surface area contributed by atoms with Crippen LogP contribution in [0.3, 0.4) is 0 Å². The molecular weight excluding hydrogens is 318 g/mol. The summed E-state index contributed by atoms with van der Waals surface area (Å²) >= 11 is 0. The van der Waals surface area contributed by atoms with E-state index in [2.05, 4.69) is 32.1 Å². The zero-order valence-corrected chi connectivity index (χ0v) is 14.8. The Morgan fingerprint density at radius 3 is 2.60 bits per heavy atom. The molecule has 136 valence electrons. The van der Waals surface area contributed by atoms with E-state index in [1.807, 2.05) is 0 Å². The van der Waals surface area contributed by atoms with Crippen molar-refractivity contribution in [1.29, 1.82) is 0 Å². The summed E-state index contributed by atoms with van der Waals surface area (Å²) < 4.78 is 0. The number of carbonyl (C=O) groups is 1. The Labute approximate surface area is 147 Å². The summed E-state index contributed by atoms with van der Waals surface area (Å²) in [5, 5.41) is 3.00. The van der Waals surface area contributed by atoms with Crippen LogP contribution >= 0.6 is 0 Å². The number of likely N-dealkylation sites (N-methyl/N-ethyl adjacent to an activating group) is 1. The highest BCUT2D eigenvalue weighted by Crippen LogP contribution is 2.55. The zero-order valence-electron chi connectivity index (χ0n) is 14.8. The molecule has 1 saturated heterocycles. The molecule has 7 nitrogen and oxygen atoms in total. The molecule has 0 spiro atoms. The minimum atomic E-state index is -0.159. The normalized spacial score (nSPS) is 29.2. The average molecular weight is 345 g/mol. The minimum absolute atomic E-state index is 0.139. The lowest BCUT2D eigenvalue weighted by Crippen LogP contribution is -2.45. The predicted octanol–water partition coefficient (Wildman–Crippen LogP) is 0.574. The molecule has 1 aromatic heterocycles. The molecule has 4 rings (SSSR count). The van der Waals surface area contributed by atoms with E-state index in [1.54, 1.807) is 0 Å². The molecule has 1 aliphatic heterocycles. The van der Waals surface area contributed by atoms with Gasteiger partial charge < -0.3 is 15.1 Å². The van der Waals surface area contributed by atoms with Gasteiger partial charge in [0.2, 0.25) is 11.9 Å². The molecule has 0 radical (unpaired) electrons. The van der Waals surface area contributed by atoms with Crippen LogP contribution in [-0.4, -0.2) is 54.0 Å². The number of carbonyl (C=O) groups excluding carboxylic acids is 1. The summed E-state index contributed by atoms with van der Waals surface area (Å²) in [6.45, 7) is 3.94. The van der Waals surface area contributed by atoms with Gasteiger partial charge in [-0.15, -0.1) is 0 Å². The summed E-state index contributed by atoms with van der Waals surface area (Å²) in [6, 6.07) is 1.49. The van der Waals surface area contributed by atoms with Crippen molar-refractivity contribution < 1.29 is 4.79 Å². The van der Waals surface area contributed by atoms with Crippen molar-refractivity contribution in [2.45, 2.75) is 32.2 Å². The first-order valence-corrected chi connectivity index (χ1v) is 9.43. The Kier molecular flexibility index (Phi) is 4.50. The number of nitrogens with zero attached hydrogens (tertiary/aromatic N) is 3. The van der Waals surface area contributed by atoms with Gasteiger partial charge in [0.15, 0.2) is 0 Å². The van der Waals surface area contributed by atoms with Crippen molar-refractivity contribution in [2.24, 2.45) is 17.8 Å². The van der Waals surface area contributed by atoms with Crippen LogP contribution in [0.25, 0.3) is 0 Å². The lowest BCUT2D eigenvalue weighted by molar-refractivity contribution is -0.123. The molecule has 1 amide bonds. The molecule has 0 bridgehead atoms.